The van der Waals surface area contributed by atoms with Gasteiger partial charge in [0.05, 0.1) is 30.0 Å². The van der Waals surface area contributed by atoms with Crippen LogP contribution in [0.25, 0.3) is 21.9 Å². The normalized spacial score (nSPS) is 15.1. The minimum absolute atomic E-state index is 0.184. The lowest BCUT2D eigenvalue weighted by Crippen LogP contribution is -2.52. The van der Waals surface area contributed by atoms with E-state index in [9.17, 15) is 14.4 Å². The van der Waals surface area contributed by atoms with Gasteiger partial charge in [-0.05, 0) is 35.9 Å². The van der Waals surface area contributed by atoms with Crippen molar-refractivity contribution < 1.29 is 14.0 Å². The molecule has 186 valence electrons. The lowest BCUT2D eigenvalue weighted by molar-refractivity contribution is -0.125. The minimum Gasteiger partial charge on any atom is -0.459 e. The number of hydrogen-bond acceptors (Lipinski definition) is 6. The van der Waals surface area contributed by atoms with E-state index in [4.69, 9.17) is 4.42 Å². The summed E-state index contributed by atoms with van der Waals surface area (Å²) in [7, 11) is 1.58. The number of para-hydroxylation sites is 1. The van der Waals surface area contributed by atoms with Crippen molar-refractivity contribution in [3.63, 3.8) is 0 Å². The second-order valence-electron chi connectivity index (χ2n) is 9.00. The van der Waals surface area contributed by atoms with Crippen LogP contribution in [-0.2, 0) is 24.3 Å². The first-order valence-electron chi connectivity index (χ1n) is 11.9. The zero-order valence-corrected chi connectivity index (χ0v) is 20.0. The Bertz CT molecular complexity index is 1720. The molecule has 1 atom stereocenters. The molecule has 0 spiro atoms. The molecule has 10 nitrogen and oxygen atoms in total. The number of aromatic nitrogens is 3. The maximum absolute atomic E-state index is 13.7. The molecule has 4 N–H and O–H groups in total. The summed E-state index contributed by atoms with van der Waals surface area (Å²) in [4.78, 5) is 49.9. The van der Waals surface area contributed by atoms with Crippen molar-refractivity contribution in [2.75, 3.05) is 12.4 Å². The van der Waals surface area contributed by atoms with E-state index in [0.717, 1.165) is 27.8 Å². The van der Waals surface area contributed by atoms with Crippen molar-refractivity contribution in [3.05, 3.63) is 93.9 Å². The average Bonchev–Trinajstić information content (AvgIpc) is 3.54. The maximum atomic E-state index is 13.7. The quantitative estimate of drug-likeness (QED) is 0.295. The molecule has 0 fully saturated rings. The predicted molar refractivity (Wildman–Crippen MR) is 138 cm³/mol. The Morgan fingerprint density at radius 1 is 1.14 bits per heavy atom. The van der Waals surface area contributed by atoms with Crippen LogP contribution in [0.5, 0.6) is 0 Å². The van der Waals surface area contributed by atoms with Gasteiger partial charge in [0.15, 0.2) is 5.76 Å². The Hall–Kier alpha value is -4.86. The summed E-state index contributed by atoms with van der Waals surface area (Å²) < 4.78 is 5.63. The maximum Gasteiger partial charge on any atom is 0.290 e. The third-order valence-electron chi connectivity index (χ3n) is 6.81. The van der Waals surface area contributed by atoms with Crippen LogP contribution in [0.15, 0.2) is 70.2 Å². The number of aromatic amines is 2. The van der Waals surface area contributed by atoms with Crippen LogP contribution >= 0.6 is 0 Å². The van der Waals surface area contributed by atoms with E-state index in [0.29, 0.717) is 29.6 Å². The molecule has 1 aliphatic heterocycles. The Morgan fingerprint density at radius 2 is 2.00 bits per heavy atom. The molecule has 3 aromatic heterocycles. The van der Waals surface area contributed by atoms with Gasteiger partial charge in [-0.1, -0.05) is 18.2 Å². The van der Waals surface area contributed by atoms with Gasteiger partial charge in [-0.25, -0.2) is 4.98 Å². The van der Waals surface area contributed by atoms with Crippen LogP contribution < -0.4 is 16.2 Å². The Morgan fingerprint density at radius 3 is 2.86 bits per heavy atom. The zero-order chi connectivity index (χ0) is 25.5. The smallest absolute Gasteiger partial charge is 0.290 e. The van der Waals surface area contributed by atoms with E-state index in [1.165, 1.54) is 12.5 Å². The molecule has 37 heavy (non-hydrogen) atoms. The molecule has 1 aliphatic rings. The number of anilines is 1. The van der Waals surface area contributed by atoms with Crippen molar-refractivity contribution in [3.8, 4) is 0 Å². The molecule has 0 aliphatic carbocycles. The van der Waals surface area contributed by atoms with Crippen molar-refractivity contribution in [1.29, 1.82) is 0 Å². The topological polar surface area (TPSA) is 136 Å². The lowest BCUT2D eigenvalue weighted by Gasteiger charge is -2.34. The van der Waals surface area contributed by atoms with E-state index >= 15 is 0 Å². The monoisotopic (exact) mass is 496 g/mol. The van der Waals surface area contributed by atoms with Gasteiger partial charge >= 0.3 is 0 Å². The summed E-state index contributed by atoms with van der Waals surface area (Å²) in [6.45, 7) is 0.589. The third-order valence-corrected chi connectivity index (χ3v) is 6.81. The van der Waals surface area contributed by atoms with Crippen LogP contribution in [0.4, 0.5) is 5.69 Å². The standard InChI is InChI=1S/C27H24N6O4/c1-28-26(35)23-11-18-17-4-2-3-5-19(17)31-22(18)14-33(23)27(36)25-15(8-9-37-25)12-29-16-6-7-20-21(10-16)30-13-24(34)32-20/h2-10,13,23,29,31H,11-12,14H2,1H3,(H,28,35)(H,32,34)/t23-/m1/s1. The highest BCUT2D eigenvalue weighted by Gasteiger charge is 2.38. The van der Waals surface area contributed by atoms with E-state index < -0.39 is 6.04 Å². The number of amides is 2. The summed E-state index contributed by atoms with van der Waals surface area (Å²) in [5.41, 5.74) is 5.41. The summed E-state index contributed by atoms with van der Waals surface area (Å²) >= 11 is 0. The number of carbonyl (C=O) groups is 2. The Labute approximate surface area is 210 Å². The molecular weight excluding hydrogens is 472 g/mol. The fraction of sp³-hybridized carbons (Fsp3) is 0.185. The van der Waals surface area contributed by atoms with E-state index in [1.807, 2.05) is 36.4 Å². The number of likely N-dealkylation sites (N-methyl/N-ethyl adjacent to an activating group) is 1. The molecular formula is C27H24N6O4. The number of carbonyl (C=O) groups excluding carboxylic acids is 2. The van der Waals surface area contributed by atoms with Crippen LogP contribution in [0.1, 0.15) is 27.4 Å². The second kappa shape index (κ2) is 8.98. The molecule has 10 heteroatoms. The first kappa shape index (κ1) is 22.6. The molecule has 0 saturated heterocycles. The SMILES string of the molecule is CNC(=O)[C@H]1Cc2c([nH]c3ccccc23)CN1C(=O)c1occc1CNc1ccc2[nH]c(=O)cnc2c1. The number of H-pyrrole nitrogens is 2. The first-order chi connectivity index (χ1) is 18.0. The highest BCUT2D eigenvalue weighted by molar-refractivity contribution is 5.98. The molecule has 0 unspecified atom stereocenters. The molecule has 0 bridgehead atoms. The van der Waals surface area contributed by atoms with E-state index in [-0.39, 0.29) is 29.7 Å². The number of rotatable bonds is 5. The van der Waals surface area contributed by atoms with Crippen molar-refractivity contribution in [2.45, 2.75) is 25.6 Å². The van der Waals surface area contributed by atoms with Crippen LogP contribution in [0.3, 0.4) is 0 Å². The highest BCUT2D eigenvalue weighted by atomic mass is 16.3. The fourth-order valence-electron chi connectivity index (χ4n) is 4.96. The summed E-state index contributed by atoms with van der Waals surface area (Å²) in [5.74, 6) is -0.390. The highest BCUT2D eigenvalue weighted by Crippen LogP contribution is 2.32. The molecule has 2 amide bonds. The fourth-order valence-corrected chi connectivity index (χ4v) is 4.96. The third kappa shape index (κ3) is 4.02. The first-order valence-corrected chi connectivity index (χ1v) is 11.9. The number of furan rings is 1. The predicted octanol–water partition coefficient (Wildman–Crippen LogP) is 2.92. The molecule has 6 rings (SSSR count). The van der Waals surface area contributed by atoms with Gasteiger partial charge in [0.2, 0.25) is 5.91 Å². The van der Waals surface area contributed by atoms with Crippen LogP contribution in [0.2, 0.25) is 0 Å². The average molecular weight is 497 g/mol. The Kier molecular flexibility index (Phi) is 5.48. The van der Waals surface area contributed by atoms with Gasteiger partial charge in [0, 0.05) is 47.9 Å². The van der Waals surface area contributed by atoms with Gasteiger partial charge in [0.1, 0.15) is 6.04 Å². The van der Waals surface area contributed by atoms with Crippen molar-refractivity contribution in [2.24, 2.45) is 0 Å². The number of fused-ring (bicyclic) bond motifs is 4. The zero-order valence-electron chi connectivity index (χ0n) is 20.0. The number of benzene rings is 2. The van der Waals surface area contributed by atoms with Crippen molar-refractivity contribution in [1.82, 2.24) is 25.2 Å². The molecule has 4 heterocycles. The molecule has 0 saturated carbocycles. The van der Waals surface area contributed by atoms with Crippen LogP contribution in [0, 0.1) is 0 Å². The molecule has 2 aromatic carbocycles. The summed E-state index contributed by atoms with van der Waals surface area (Å²) in [5, 5.41) is 7.05. The van der Waals surface area contributed by atoms with Gasteiger partial charge in [-0.15, -0.1) is 0 Å². The number of nitrogens with one attached hydrogen (secondary N) is 4. The number of nitrogens with zero attached hydrogens (tertiary/aromatic N) is 2. The van der Waals surface area contributed by atoms with Gasteiger partial charge in [0.25, 0.3) is 11.5 Å². The van der Waals surface area contributed by atoms with Crippen LogP contribution in [-0.4, -0.2) is 44.8 Å². The molecule has 0 radical (unpaired) electrons. The number of hydrogen-bond donors (Lipinski definition) is 4. The van der Waals surface area contributed by atoms with Gasteiger partial charge < -0.3 is 29.9 Å². The van der Waals surface area contributed by atoms with Gasteiger partial charge in [-0.2, -0.15) is 0 Å². The molecule has 5 aromatic rings. The Balaban J connectivity index is 1.26. The van der Waals surface area contributed by atoms with E-state index in [1.54, 1.807) is 24.1 Å². The lowest BCUT2D eigenvalue weighted by atomic mass is 9.95. The van der Waals surface area contributed by atoms with Gasteiger partial charge in [-0.3, -0.25) is 14.4 Å². The van der Waals surface area contributed by atoms with Crippen molar-refractivity contribution >= 4 is 39.4 Å². The summed E-state index contributed by atoms with van der Waals surface area (Å²) in [6, 6.07) is 14.4. The van der Waals surface area contributed by atoms with E-state index in [2.05, 4.69) is 25.6 Å². The second-order valence-corrected chi connectivity index (χ2v) is 9.00. The largest absolute Gasteiger partial charge is 0.459 e. The summed E-state index contributed by atoms with van der Waals surface area (Å²) in [6.07, 6.45) is 3.12. The minimum atomic E-state index is -0.663.